The number of hydrogen-bond acceptors (Lipinski definition) is 5. The molecule has 0 saturated heterocycles. The van der Waals surface area contributed by atoms with E-state index >= 15 is 0 Å². The monoisotopic (exact) mass is 310 g/mol. The highest BCUT2D eigenvalue weighted by molar-refractivity contribution is 5.85. The number of rotatable bonds is 6. The Morgan fingerprint density at radius 1 is 1.38 bits per heavy atom. The van der Waals surface area contributed by atoms with Crippen LogP contribution in [0.2, 0.25) is 0 Å². The predicted octanol–water partition coefficient (Wildman–Crippen LogP) is 2.59. The van der Waals surface area contributed by atoms with Crippen LogP contribution in [0.3, 0.4) is 0 Å². The number of oxazole rings is 1. The zero-order chi connectivity index (χ0) is 14.4. The van der Waals surface area contributed by atoms with Crippen molar-refractivity contribution in [2.45, 2.75) is 25.8 Å². The van der Waals surface area contributed by atoms with Gasteiger partial charge in [0.1, 0.15) is 0 Å². The molecule has 0 aliphatic carbocycles. The fourth-order valence-corrected chi connectivity index (χ4v) is 1.87. The largest absolute Gasteiger partial charge is 0.466 e. The second-order valence-electron chi connectivity index (χ2n) is 4.46. The van der Waals surface area contributed by atoms with Crippen molar-refractivity contribution in [2.24, 2.45) is 5.73 Å². The molecule has 2 rings (SSSR count). The lowest BCUT2D eigenvalue weighted by Crippen LogP contribution is -2.27. The molecule has 0 saturated carbocycles. The molecule has 1 aromatic carbocycles. The van der Waals surface area contributed by atoms with Crippen molar-refractivity contribution in [1.29, 1.82) is 0 Å². The van der Waals surface area contributed by atoms with Gasteiger partial charge in [0, 0.05) is 18.0 Å². The molecule has 0 bridgehead atoms. The minimum Gasteiger partial charge on any atom is -0.466 e. The fraction of sp³-hybridized carbons (Fsp3) is 0.333. The van der Waals surface area contributed by atoms with Gasteiger partial charge in [-0.05, 0) is 6.92 Å². The predicted molar refractivity (Wildman–Crippen MR) is 82.1 cm³/mol. The van der Waals surface area contributed by atoms with Crippen LogP contribution in [0.4, 0.5) is 0 Å². The van der Waals surface area contributed by atoms with Crippen molar-refractivity contribution >= 4 is 18.4 Å². The number of carbonyl (C=O) groups is 1. The van der Waals surface area contributed by atoms with Crippen LogP contribution in [0.5, 0.6) is 0 Å². The summed E-state index contributed by atoms with van der Waals surface area (Å²) in [5.74, 6) is 0.930. The summed E-state index contributed by atoms with van der Waals surface area (Å²) in [5, 5.41) is 0. The van der Waals surface area contributed by atoms with Crippen LogP contribution in [0.1, 0.15) is 19.2 Å². The van der Waals surface area contributed by atoms with Crippen molar-refractivity contribution in [2.75, 3.05) is 6.61 Å². The van der Waals surface area contributed by atoms with Gasteiger partial charge in [-0.25, -0.2) is 4.98 Å². The summed E-state index contributed by atoms with van der Waals surface area (Å²) in [4.78, 5) is 15.5. The van der Waals surface area contributed by atoms with Crippen molar-refractivity contribution in [3.8, 4) is 11.3 Å². The summed E-state index contributed by atoms with van der Waals surface area (Å²) < 4.78 is 10.5. The van der Waals surface area contributed by atoms with E-state index in [2.05, 4.69) is 4.98 Å². The molecule has 1 aromatic heterocycles. The molecule has 0 spiro atoms. The molecule has 0 radical (unpaired) electrons. The lowest BCUT2D eigenvalue weighted by molar-refractivity contribution is -0.143. The number of nitrogens with zero attached hydrogens (tertiary/aromatic N) is 1. The minimum atomic E-state index is -0.351. The molecule has 6 heteroatoms. The van der Waals surface area contributed by atoms with Crippen LogP contribution in [-0.2, 0) is 16.0 Å². The summed E-state index contributed by atoms with van der Waals surface area (Å²) in [7, 11) is 0. The van der Waals surface area contributed by atoms with Crippen molar-refractivity contribution in [1.82, 2.24) is 4.98 Å². The van der Waals surface area contributed by atoms with E-state index in [1.54, 1.807) is 13.1 Å². The Morgan fingerprint density at radius 2 is 2.10 bits per heavy atom. The van der Waals surface area contributed by atoms with E-state index in [9.17, 15) is 4.79 Å². The summed E-state index contributed by atoms with van der Waals surface area (Å²) in [6.07, 6.45) is 2.24. The average molecular weight is 311 g/mol. The third-order valence-corrected chi connectivity index (χ3v) is 2.78. The van der Waals surface area contributed by atoms with Crippen LogP contribution in [0.25, 0.3) is 11.3 Å². The van der Waals surface area contributed by atoms with Gasteiger partial charge in [0.2, 0.25) is 0 Å². The Balaban J connectivity index is 0.00000220. The van der Waals surface area contributed by atoms with Gasteiger partial charge in [-0.3, -0.25) is 4.79 Å². The number of esters is 1. The molecule has 2 N–H and O–H groups in total. The summed E-state index contributed by atoms with van der Waals surface area (Å²) in [6.45, 7) is 2.13. The lowest BCUT2D eigenvalue weighted by atomic mass is 10.1. The van der Waals surface area contributed by atoms with Crippen LogP contribution in [-0.4, -0.2) is 23.6 Å². The van der Waals surface area contributed by atoms with Gasteiger partial charge in [-0.15, -0.1) is 12.4 Å². The fourth-order valence-electron chi connectivity index (χ4n) is 1.87. The third kappa shape index (κ3) is 5.21. The first-order chi connectivity index (χ1) is 9.69. The molecular weight excluding hydrogens is 292 g/mol. The van der Waals surface area contributed by atoms with E-state index in [0.29, 0.717) is 24.7 Å². The maximum absolute atomic E-state index is 11.3. The van der Waals surface area contributed by atoms with Gasteiger partial charge >= 0.3 is 5.97 Å². The standard InChI is InChI=1S/C15H18N2O3.ClH/c1-2-19-15(18)9-12(16)8-14-17-10-13(20-14)11-6-4-3-5-7-11;/h3-7,10,12H,2,8-9,16H2,1H3;1H/t12-;/m0./s1. The van der Waals surface area contributed by atoms with Crippen LogP contribution in [0.15, 0.2) is 40.9 Å². The second kappa shape index (κ2) is 8.44. The highest BCUT2D eigenvalue weighted by Crippen LogP contribution is 2.20. The zero-order valence-electron chi connectivity index (χ0n) is 11.8. The quantitative estimate of drug-likeness (QED) is 0.830. The number of hydrogen-bond donors (Lipinski definition) is 1. The topological polar surface area (TPSA) is 78.4 Å². The summed E-state index contributed by atoms with van der Waals surface area (Å²) in [6, 6.07) is 9.35. The van der Waals surface area contributed by atoms with E-state index < -0.39 is 0 Å². The molecule has 0 aliphatic rings. The number of ether oxygens (including phenoxy) is 1. The van der Waals surface area contributed by atoms with Crippen molar-refractivity contribution < 1.29 is 13.9 Å². The van der Waals surface area contributed by atoms with Crippen LogP contribution in [0, 0.1) is 0 Å². The first-order valence-electron chi connectivity index (χ1n) is 6.60. The minimum absolute atomic E-state index is 0. The number of carbonyl (C=O) groups excluding carboxylic acids is 1. The molecular formula is C15H19ClN2O3. The summed E-state index contributed by atoms with van der Waals surface area (Å²) in [5.41, 5.74) is 6.85. The Hall–Kier alpha value is -1.85. The maximum atomic E-state index is 11.3. The van der Waals surface area contributed by atoms with Gasteiger partial charge in [-0.2, -0.15) is 0 Å². The maximum Gasteiger partial charge on any atom is 0.307 e. The average Bonchev–Trinajstić information content (AvgIpc) is 2.88. The Kier molecular flexibility index (Phi) is 6.91. The lowest BCUT2D eigenvalue weighted by Gasteiger charge is -2.08. The van der Waals surface area contributed by atoms with E-state index in [1.807, 2.05) is 30.3 Å². The molecule has 2 aromatic rings. The Bertz CT molecular complexity index is 557. The van der Waals surface area contributed by atoms with Gasteiger partial charge < -0.3 is 14.9 Å². The van der Waals surface area contributed by atoms with Gasteiger partial charge in [0.15, 0.2) is 11.7 Å². The van der Waals surface area contributed by atoms with Gasteiger partial charge in [0.25, 0.3) is 0 Å². The molecule has 5 nitrogen and oxygen atoms in total. The van der Waals surface area contributed by atoms with Gasteiger partial charge in [0.05, 0.1) is 19.2 Å². The third-order valence-electron chi connectivity index (χ3n) is 2.78. The first kappa shape index (κ1) is 17.2. The van der Waals surface area contributed by atoms with E-state index in [4.69, 9.17) is 14.9 Å². The number of nitrogens with two attached hydrogens (primary N) is 1. The second-order valence-corrected chi connectivity index (χ2v) is 4.46. The molecule has 1 heterocycles. The SMILES string of the molecule is CCOC(=O)C[C@@H](N)Cc1ncc(-c2ccccc2)o1.Cl. The molecule has 0 aliphatic heterocycles. The zero-order valence-corrected chi connectivity index (χ0v) is 12.6. The van der Waals surface area contributed by atoms with E-state index in [1.165, 1.54) is 0 Å². The molecule has 0 fully saturated rings. The number of aromatic nitrogens is 1. The van der Waals surface area contributed by atoms with Crippen LogP contribution >= 0.6 is 12.4 Å². The molecule has 0 unspecified atom stereocenters. The molecule has 1 atom stereocenters. The Morgan fingerprint density at radius 3 is 2.76 bits per heavy atom. The highest BCUT2D eigenvalue weighted by atomic mass is 35.5. The Labute approximate surface area is 129 Å². The highest BCUT2D eigenvalue weighted by Gasteiger charge is 2.14. The molecule has 0 amide bonds. The summed E-state index contributed by atoms with van der Waals surface area (Å²) >= 11 is 0. The molecule has 21 heavy (non-hydrogen) atoms. The van der Waals surface area contributed by atoms with Crippen LogP contribution < -0.4 is 5.73 Å². The first-order valence-corrected chi connectivity index (χ1v) is 6.60. The smallest absolute Gasteiger partial charge is 0.307 e. The molecule has 114 valence electrons. The number of halogens is 1. The van der Waals surface area contributed by atoms with Gasteiger partial charge in [-0.1, -0.05) is 30.3 Å². The van der Waals surface area contributed by atoms with E-state index in [0.717, 1.165) is 5.56 Å². The normalized spacial score (nSPS) is 11.5. The van der Waals surface area contributed by atoms with Crippen molar-refractivity contribution in [3.05, 3.63) is 42.4 Å². The number of benzene rings is 1. The van der Waals surface area contributed by atoms with Crippen molar-refractivity contribution in [3.63, 3.8) is 0 Å². The van der Waals surface area contributed by atoms with E-state index in [-0.39, 0.29) is 30.8 Å².